The summed E-state index contributed by atoms with van der Waals surface area (Å²) in [6.07, 6.45) is -2.07. The van der Waals surface area contributed by atoms with Crippen LogP contribution in [0.4, 0.5) is 11.5 Å². The maximum absolute atomic E-state index is 11.5. The van der Waals surface area contributed by atoms with E-state index < -0.39 is 36.7 Å². The maximum Gasteiger partial charge on any atom is 0.335 e. The summed E-state index contributed by atoms with van der Waals surface area (Å²) < 4.78 is 21.8. The molecule has 5 N–H and O–H groups in total. The summed E-state index contributed by atoms with van der Waals surface area (Å²) in [7, 11) is 1.51. The third kappa shape index (κ3) is 5.72. The van der Waals surface area contributed by atoms with Crippen molar-refractivity contribution >= 4 is 28.4 Å². The average molecular weight is 511 g/mol. The van der Waals surface area contributed by atoms with E-state index in [-0.39, 0.29) is 24.7 Å². The molecule has 1 unspecified atom stereocenters. The topological polar surface area (TPSA) is 173 Å². The second-order valence-corrected chi connectivity index (χ2v) is 8.08. The van der Waals surface area contributed by atoms with Crippen LogP contribution in [-0.4, -0.2) is 87.4 Å². The smallest absolute Gasteiger partial charge is 0.335 e. The molecular formula is C25H25N3O9. The van der Waals surface area contributed by atoms with Gasteiger partial charge >= 0.3 is 5.97 Å². The fourth-order valence-electron chi connectivity index (χ4n) is 3.70. The Morgan fingerprint density at radius 2 is 1.92 bits per heavy atom. The number of aliphatic hydroxyl groups is 3. The van der Waals surface area contributed by atoms with Crippen molar-refractivity contribution in [3.63, 3.8) is 0 Å². The molecule has 37 heavy (non-hydrogen) atoms. The van der Waals surface area contributed by atoms with Crippen LogP contribution < -0.4 is 14.8 Å². The van der Waals surface area contributed by atoms with Gasteiger partial charge in [-0.2, -0.15) is 0 Å². The van der Waals surface area contributed by atoms with Gasteiger partial charge in [-0.3, -0.25) is 0 Å². The van der Waals surface area contributed by atoms with Crippen molar-refractivity contribution in [3.05, 3.63) is 48.3 Å². The van der Waals surface area contributed by atoms with E-state index in [0.29, 0.717) is 28.0 Å². The molecule has 2 heterocycles. The van der Waals surface area contributed by atoms with Gasteiger partial charge in [0.1, 0.15) is 37.1 Å². The lowest BCUT2D eigenvalue weighted by atomic mass is 9.99. The van der Waals surface area contributed by atoms with E-state index in [1.54, 1.807) is 30.3 Å². The Kier molecular flexibility index (Phi) is 8.02. The highest BCUT2D eigenvalue weighted by atomic mass is 16.7. The minimum Gasteiger partial charge on any atom is -0.487 e. The van der Waals surface area contributed by atoms with Crippen molar-refractivity contribution < 1.29 is 44.2 Å². The molecular weight excluding hydrogens is 486 g/mol. The molecule has 3 aromatic rings. The van der Waals surface area contributed by atoms with Crippen LogP contribution in [0, 0.1) is 12.3 Å². The Bertz CT molecular complexity index is 1310. The number of carboxylic acid groups (broad SMARTS) is 1. The van der Waals surface area contributed by atoms with E-state index in [9.17, 15) is 25.2 Å². The second-order valence-electron chi connectivity index (χ2n) is 8.08. The normalized spacial score (nSPS) is 23.3. The first-order valence-electron chi connectivity index (χ1n) is 11.2. The number of rotatable bonds is 9. The van der Waals surface area contributed by atoms with Crippen molar-refractivity contribution in [1.29, 1.82) is 0 Å². The van der Waals surface area contributed by atoms with Gasteiger partial charge in [-0.25, -0.2) is 14.8 Å². The summed E-state index contributed by atoms with van der Waals surface area (Å²) in [6, 6.07) is 10.2. The van der Waals surface area contributed by atoms with E-state index in [1.165, 1.54) is 19.5 Å². The van der Waals surface area contributed by atoms with Gasteiger partial charge in [0, 0.05) is 29.8 Å². The lowest BCUT2D eigenvalue weighted by Gasteiger charge is -2.38. The van der Waals surface area contributed by atoms with Gasteiger partial charge in [-0.05, 0) is 24.3 Å². The standard InChI is InChI=1S/C25H25N3O9/c1-3-13-5-4-6-14(9-13)28-23-15-10-18(17(35-8-7-34-2)11-16(15)26-12-27-23)36-25-21(31)19(29)20(30)22(37-25)24(32)33/h1,4-6,9-12,19-22,25,29-31H,7-8H2,2H3,(H,32,33)(H,26,27,28)/t19-,20-,21+,22-,25?/m0/s1. The van der Waals surface area contributed by atoms with Gasteiger partial charge in [0.2, 0.25) is 6.29 Å². The molecule has 1 saturated heterocycles. The Morgan fingerprint density at radius 1 is 1.11 bits per heavy atom. The van der Waals surface area contributed by atoms with Crippen LogP contribution in [-0.2, 0) is 14.3 Å². The Hall–Kier alpha value is -3.99. The molecule has 2 aromatic carbocycles. The number of hydrogen-bond acceptors (Lipinski definition) is 11. The van der Waals surface area contributed by atoms with Crippen molar-refractivity contribution in [3.8, 4) is 23.8 Å². The lowest BCUT2D eigenvalue weighted by molar-refractivity contribution is -0.271. The molecule has 194 valence electrons. The highest BCUT2D eigenvalue weighted by Gasteiger charge is 2.48. The molecule has 0 bridgehead atoms. The highest BCUT2D eigenvalue weighted by molar-refractivity contribution is 5.93. The molecule has 0 radical (unpaired) electrons. The Balaban J connectivity index is 1.72. The number of ether oxygens (including phenoxy) is 4. The van der Waals surface area contributed by atoms with Crippen molar-refractivity contribution in [2.45, 2.75) is 30.7 Å². The van der Waals surface area contributed by atoms with Gasteiger partial charge in [0.05, 0.1) is 12.1 Å². The van der Waals surface area contributed by atoms with Crippen LogP contribution in [0.3, 0.4) is 0 Å². The fourth-order valence-corrected chi connectivity index (χ4v) is 3.70. The molecule has 0 amide bonds. The highest BCUT2D eigenvalue weighted by Crippen LogP contribution is 2.37. The number of fused-ring (bicyclic) bond motifs is 1. The Labute approximate surface area is 211 Å². The number of hydrogen-bond donors (Lipinski definition) is 5. The summed E-state index contributed by atoms with van der Waals surface area (Å²) in [5.41, 5.74) is 1.82. The monoisotopic (exact) mass is 511 g/mol. The number of terminal acetylenes is 1. The summed E-state index contributed by atoms with van der Waals surface area (Å²) >= 11 is 0. The zero-order chi connectivity index (χ0) is 26.5. The predicted octanol–water partition coefficient (Wildman–Crippen LogP) is 0.651. The predicted molar refractivity (Wildman–Crippen MR) is 130 cm³/mol. The maximum atomic E-state index is 11.5. The van der Waals surface area contributed by atoms with Gasteiger partial charge in [0.25, 0.3) is 0 Å². The van der Waals surface area contributed by atoms with Crippen LogP contribution in [0.1, 0.15) is 5.56 Å². The molecule has 1 aliphatic rings. The number of nitrogens with zero attached hydrogens (tertiary/aromatic N) is 2. The van der Waals surface area contributed by atoms with Crippen molar-refractivity contribution in [2.24, 2.45) is 0 Å². The molecule has 1 aliphatic heterocycles. The number of nitrogens with one attached hydrogen (secondary N) is 1. The van der Waals surface area contributed by atoms with Crippen LogP contribution in [0.5, 0.6) is 11.5 Å². The Morgan fingerprint density at radius 3 is 2.65 bits per heavy atom. The summed E-state index contributed by atoms with van der Waals surface area (Å²) in [4.78, 5) is 20.1. The number of carbonyl (C=O) groups is 1. The van der Waals surface area contributed by atoms with E-state index in [4.69, 9.17) is 25.4 Å². The third-order valence-corrected chi connectivity index (χ3v) is 5.59. The number of aliphatic hydroxyl groups excluding tert-OH is 3. The molecule has 4 rings (SSSR count). The van der Waals surface area contributed by atoms with Gasteiger partial charge in [-0.1, -0.05) is 12.0 Å². The van der Waals surface area contributed by atoms with Crippen molar-refractivity contribution in [1.82, 2.24) is 9.97 Å². The van der Waals surface area contributed by atoms with E-state index in [2.05, 4.69) is 21.2 Å². The number of aliphatic carboxylic acids is 1. The molecule has 1 aromatic heterocycles. The minimum atomic E-state index is -1.86. The van der Waals surface area contributed by atoms with Crippen LogP contribution >= 0.6 is 0 Å². The van der Waals surface area contributed by atoms with Crippen LogP contribution in [0.15, 0.2) is 42.7 Å². The first kappa shape index (κ1) is 26.1. The van der Waals surface area contributed by atoms with Gasteiger partial charge < -0.3 is 44.7 Å². The molecule has 12 nitrogen and oxygen atoms in total. The quantitative estimate of drug-likeness (QED) is 0.201. The number of anilines is 2. The molecule has 0 saturated carbocycles. The zero-order valence-corrected chi connectivity index (χ0v) is 19.6. The number of benzene rings is 2. The van der Waals surface area contributed by atoms with E-state index in [0.717, 1.165) is 0 Å². The summed E-state index contributed by atoms with van der Waals surface area (Å²) in [6.45, 7) is 0.398. The van der Waals surface area contributed by atoms with Crippen LogP contribution in [0.2, 0.25) is 0 Å². The third-order valence-electron chi connectivity index (χ3n) is 5.59. The molecule has 0 aliphatic carbocycles. The van der Waals surface area contributed by atoms with Crippen molar-refractivity contribution in [2.75, 3.05) is 25.6 Å². The molecule has 12 heteroatoms. The minimum absolute atomic E-state index is 0.0376. The molecule has 5 atom stereocenters. The fraction of sp³-hybridized carbons (Fsp3) is 0.320. The number of methoxy groups -OCH3 is 1. The summed E-state index contributed by atoms with van der Waals surface area (Å²) in [5, 5.41) is 43.6. The largest absolute Gasteiger partial charge is 0.487 e. The number of carboxylic acids is 1. The zero-order valence-electron chi connectivity index (χ0n) is 19.6. The molecule has 1 fully saturated rings. The number of aromatic nitrogens is 2. The van der Waals surface area contributed by atoms with Crippen LogP contribution in [0.25, 0.3) is 10.9 Å². The van der Waals surface area contributed by atoms with E-state index in [1.807, 2.05) is 0 Å². The SMILES string of the molecule is C#Cc1cccc(Nc2ncnc3cc(OCCOC)c(OC4O[C@H](C(=O)O)[C@@H](O)[C@H](O)[C@H]4O)cc23)c1. The summed E-state index contributed by atoms with van der Waals surface area (Å²) in [5.74, 6) is 1.65. The average Bonchev–Trinajstić information content (AvgIpc) is 2.89. The first-order chi connectivity index (χ1) is 17.8. The lowest BCUT2D eigenvalue weighted by Crippen LogP contribution is -2.61. The van der Waals surface area contributed by atoms with Gasteiger partial charge in [0.15, 0.2) is 17.6 Å². The molecule has 0 spiro atoms. The first-order valence-corrected chi connectivity index (χ1v) is 11.2. The van der Waals surface area contributed by atoms with Gasteiger partial charge in [-0.15, -0.1) is 6.42 Å². The van der Waals surface area contributed by atoms with E-state index >= 15 is 0 Å². The second kappa shape index (κ2) is 11.4.